The Balaban J connectivity index is 0.00000320. The van der Waals surface area contributed by atoms with Crippen molar-refractivity contribution in [2.24, 2.45) is 10.9 Å². The molecule has 1 aliphatic heterocycles. The Morgan fingerprint density at radius 1 is 1.10 bits per heavy atom. The average Bonchev–Trinajstić information content (AvgIpc) is 2.77. The second kappa shape index (κ2) is 14.6. The molecule has 0 amide bonds. The number of hydrogen-bond donors (Lipinski definition) is 2. The summed E-state index contributed by atoms with van der Waals surface area (Å²) in [7, 11) is 0. The third kappa shape index (κ3) is 8.40. The molecule has 2 aromatic carbocycles. The minimum Gasteiger partial charge on any atom is -0.381 e. The largest absolute Gasteiger partial charge is 0.381 e. The summed E-state index contributed by atoms with van der Waals surface area (Å²) < 4.78 is 11.2. The van der Waals surface area contributed by atoms with E-state index in [9.17, 15) is 0 Å². The van der Waals surface area contributed by atoms with E-state index >= 15 is 0 Å². The molecule has 0 radical (unpaired) electrons. The van der Waals surface area contributed by atoms with Gasteiger partial charge in [0.2, 0.25) is 0 Å². The van der Waals surface area contributed by atoms with Gasteiger partial charge in [-0.05, 0) is 54.9 Å². The van der Waals surface area contributed by atoms with Crippen LogP contribution in [0, 0.1) is 5.92 Å². The number of rotatable bonds is 10. The van der Waals surface area contributed by atoms with Crippen LogP contribution in [0.4, 0.5) is 0 Å². The lowest BCUT2D eigenvalue weighted by Gasteiger charge is -2.21. The van der Waals surface area contributed by atoms with Gasteiger partial charge >= 0.3 is 0 Å². The summed E-state index contributed by atoms with van der Waals surface area (Å²) in [6, 6.07) is 15.1. The molecular formula is C24H36IN3O2. The Morgan fingerprint density at radius 2 is 1.90 bits per heavy atom. The van der Waals surface area contributed by atoms with Gasteiger partial charge in [-0.15, -0.1) is 24.0 Å². The van der Waals surface area contributed by atoms with Gasteiger partial charge in [-0.1, -0.05) is 42.5 Å². The highest BCUT2D eigenvalue weighted by atomic mass is 127. The van der Waals surface area contributed by atoms with E-state index in [1.807, 2.05) is 0 Å². The maximum atomic E-state index is 5.83. The number of halogens is 1. The average molecular weight is 525 g/mol. The molecule has 1 aliphatic rings. The normalized spacial score (nSPS) is 15.0. The van der Waals surface area contributed by atoms with Crippen molar-refractivity contribution >= 4 is 40.7 Å². The maximum absolute atomic E-state index is 5.83. The van der Waals surface area contributed by atoms with Crippen LogP contribution in [0.3, 0.4) is 0 Å². The van der Waals surface area contributed by atoms with Crippen LogP contribution in [0.5, 0.6) is 0 Å². The van der Waals surface area contributed by atoms with Gasteiger partial charge in [-0.3, -0.25) is 4.99 Å². The van der Waals surface area contributed by atoms with Crippen molar-refractivity contribution in [3.63, 3.8) is 0 Å². The molecular weight excluding hydrogens is 489 g/mol. The fourth-order valence-corrected chi connectivity index (χ4v) is 3.69. The Kier molecular flexibility index (Phi) is 12.1. The lowest BCUT2D eigenvalue weighted by molar-refractivity contribution is 0.0205. The quantitative estimate of drug-likeness (QED) is 0.209. The molecule has 0 unspecified atom stereocenters. The molecule has 2 N–H and O–H groups in total. The molecule has 6 heteroatoms. The molecule has 2 aromatic rings. The van der Waals surface area contributed by atoms with E-state index in [4.69, 9.17) is 9.47 Å². The van der Waals surface area contributed by atoms with E-state index in [2.05, 4.69) is 65.0 Å². The van der Waals surface area contributed by atoms with E-state index in [0.29, 0.717) is 5.92 Å². The molecule has 0 aromatic heterocycles. The van der Waals surface area contributed by atoms with Gasteiger partial charge in [0.15, 0.2) is 5.96 Å². The Hall–Kier alpha value is -1.38. The molecule has 1 fully saturated rings. The fraction of sp³-hybridized carbons (Fsp3) is 0.542. The highest BCUT2D eigenvalue weighted by Gasteiger charge is 2.13. The fourth-order valence-electron chi connectivity index (χ4n) is 3.69. The zero-order valence-electron chi connectivity index (χ0n) is 18.1. The second-order valence-electron chi connectivity index (χ2n) is 7.56. The molecule has 3 rings (SSSR count). The van der Waals surface area contributed by atoms with Gasteiger partial charge < -0.3 is 20.1 Å². The first-order valence-electron chi connectivity index (χ1n) is 11.0. The number of benzene rings is 2. The topological polar surface area (TPSA) is 54.9 Å². The van der Waals surface area contributed by atoms with Gasteiger partial charge in [-0.25, -0.2) is 0 Å². The summed E-state index contributed by atoms with van der Waals surface area (Å²) in [5, 5.41) is 9.42. The summed E-state index contributed by atoms with van der Waals surface area (Å²) in [6.45, 7) is 7.99. The monoisotopic (exact) mass is 525 g/mol. The highest BCUT2D eigenvalue weighted by Crippen LogP contribution is 2.18. The van der Waals surface area contributed by atoms with Crippen molar-refractivity contribution in [2.75, 3.05) is 46.1 Å². The lowest BCUT2D eigenvalue weighted by atomic mass is 10.0. The summed E-state index contributed by atoms with van der Waals surface area (Å²) in [6.07, 6.45) is 4.18. The van der Waals surface area contributed by atoms with Crippen LogP contribution >= 0.6 is 24.0 Å². The minimum absolute atomic E-state index is 0. The second-order valence-corrected chi connectivity index (χ2v) is 7.56. The standard InChI is InChI=1S/C24H35N3O2.HI/c1-2-25-24(26-14-6-16-29-19-20-12-17-28-18-13-20)27-15-11-22-9-5-8-21-7-3-4-10-23(21)22;/h3-5,7-10,20H,2,6,11-19H2,1H3,(H2,25,26,27);1H. The van der Waals surface area contributed by atoms with Crippen LogP contribution in [-0.2, 0) is 15.9 Å². The van der Waals surface area contributed by atoms with Gasteiger partial charge in [0, 0.05) is 46.1 Å². The Morgan fingerprint density at radius 3 is 2.73 bits per heavy atom. The minimum atomic E-state index is 0. The molecule has 30 heavy (non-hydrogen) atoms. The zero-order chi connectivity index (χ0) is 20.2. The SMILES string of the molecule is CCNC(=NCCCOCC1CCOCC1)NCCc1cccc2ccccc12.I. The third-order valence-corrected chi connectivity index (χ3v) is 5.32. The van der Waals surface area contributed by atoms with Crippen molar-refractivity contribution < 1.29 is 9.47 Å². The van der Waals surface area contributed by atoms with Crippen LogP contribution in [0.25, 0.3) is 10.8 Å². The predicted octanol–water partition coefficient (Wildman–Crippen LogP) is 4.39. The molecule has 166 valence electrons. The first-order valence-corrected chi connectivity index (χ1v) is 11.0. The zero-order valence-corrected chi connectivity index (χ0v) is 20.4. The number of nitrogens with one attached hydrogen (secondary N) is 2. The van der Waals surface area contributed by atoms with E-state index in [1.54, 1.807) is 0 Å². The predicted molar refractivity (Wildman–Crippen MR) is 136 cm³/mol. The van der Waals surface area contributed by atoms with Crippen molar-refractivity contribution in [1.29, 1.82) is 0 Å². The van der Waals surface area contributed by atoms with E-state index in [-0.39, 0.29) is 24.0 Å². The number of ether oxygens (including phenoxy) is 2. The highest BCUT2D eigenvalue weighted by molar-refractivity contribution is 14.0. The van der Waals surface area contributed by atoms with E-state index in [1.165, 1.54) is 16.3 Å². The van der Waals surface area contributed by atoms with Crippen LogP contribution in [0.1, 0.15) is 31.7 Å². The van der Waals surface area contributed by atoms with Gasteiger partial charge in [0.1, 0.15) is 0 Å². The summed E-state index contributed by atoms with van der Waals surface area (Å²) in [4.78, 5) is 4.69. The maximum Gasteiger partial charge on any atom is 0.191 e. The summed E-state index contributed by atoms with van der Waals surface area (Å²) in [5.74, 6) is 1.55. The molecule has 0 bridgehead atoms. The van der Waals surface area contributed by atoms with Gasteiger partial charge in [-0.2, -0.15) is 0 Å². The smallest absolute Gasteiger partial charge is 0.191 e. The number of guanidine groups is 1. The number of aliphatic imine (C=N–C) groups is 1. The lowest BCUT2D eigenvalue weighted by Crippen LogP contribution is -2.38. The molecule has 0 atom stereocenters. The van der Waals surface area contributed by atoms with Gasteiger partial charge in [0.05, 0.1) is 0 Å². The summed E-state index contributed by atoms with van der Waals surface area (Å²) >= 11 is 0. The van der Waals surface area contributed by atoms with E-state index in [0.717, 1.165) is 77.7 Å². The Labute approximate surface area is 198 Å². The molecule has 1 heterocycles. The van der Waals surface area contributed by atoms with Crippen LogP contribution in [-0.4, -0.2) is 52.0 Å². The number of nitrogens with zero attached hydrogens (tertiary/aromatic N) is 1. The number of fused-ring (bicyclic) bond motifs is 1. The van der Waals surface area contributed by atoms with Crippen molar-refractivity contribution in [3.05, 3.63) is 48.0 Å². The van der Waals surface area contributed by atoms with Crippen molar-refractivity contribution in [1.82, 2.24) is 10.6 Å². The van der Waals surface area contributed by atoms with Gasteiger partial charge in [0.25, 0.3) is 0 Å². The van der Waals surface area contributed by atoms with Crippen LogP contribution < -0.4 is 10.6 Å². The van der Waals surface area contributed by atoms with Crippen molar-refractivity contribution in [3.8, 4) is 0 Å². The molecule has 1 saturated heterocycles. The third-order valence-electron chi connectivity index (χ3n) is 5.32. The Bertz CT molecular complexity index is 758. The van der Waals surface area contributed by atoms with Crippen molar-refractivity contribution in [2.45, 2.75) is 32.6 Å². The molecule has 5 nitrogen and oxygen atoms in total. The molecule has 0 saturated carbocycles. The van der Waals surface area contributed by atoms with Crippen LogP contribution in [0.15, 0.2) is 47.5 Å². The number of hydrogen-bond acceptors (Lipinski definition) is 3. The summed E-state index contributed by atoms with van der Waals surface area (Å²) in [5.41, 5.74) is 1.37. The van der Waals surface area contributed by atoms with E-state index < -0.39 is 0 Å². The molecule has 0 spiro atoms. The molecule has 0 aliphatic carbocycles. The van der Waals surface area contributed by atoms with Crippen LogP contribution in [0.2, 0.25) is 0 Å². The first-order chi connectivity index (χ1) is 14.4. The first kappa shape index (κ1) is 24.9.